The Morgan fingerprint density at radius 3 is 2.74 bits per heavy atom. The highest BCUT2D eigenvalue weighted by Gasteiger charge is 2.24. The maximum absolute atomic E-state index is 13.2. The Morgan fingerprint density at radius 2 is 1.96 bits per heavy atom. The lowest BCUT2D eigenvalue weighted by Crippen LogP contribution is -2.20. The van der Waals surface area contributed by atoms with E-state index in [-0.39, 0.29) is 11.9 Å². The van der Waals surface area contributed by atoms with Crippen molar-refractivity contribution in [2.24, 2.45) is 0 Å². The average molecular weight is 372 g/mol. The maximum Gasteiger partial charge on any atom is 0.248 e. The summed E-state index contributed by atoms with van der Waals surface area (Å²) in [6, 6.07) is 14.1. The quantitative estimate of drug-likeness (QED) is 0.747. The zero-order valence-electron chi connectivity index (χ0n) is 11.8. The van der Waals surface area contributed by atoms with Gasteiger partial charge in [-0.25, -0.2) is 4.39 Å². The highest BCUT2D eigenvalue weighted by molar-refractivity contribution is 9.10. The molecule has 2 aromatic carbocycles. The van der Waals surface area contributed by atoms with Gasteiger partial charge >= 0.3 is 0 Å². The zero-order valence-corrected chi connectivity index (χ0v) is 13.4. The highest BCUT2D eigenvalue weighted by atomic mass is 79.9. The fourth-order valence-corrected chi connectivity index (χ4v) is 2.97. The minimum Gasteiger partial charge on any atom is -0.323 e. The van der Waals surface area contributed by atoms with E-state index < -0.39 is 0 Å². The van der Waals surface area contributed by atoms with Crippen molar-refractivity contribution >= 4 is 27.6 Å². The summed E-state index contributed by atoms with van der Waals surface area (Å²) in [5, 5.41) is 15.0. The van der Waals surface area contributed by atoms with Crippen molar-refractivity contribution in [1.82, 2.24) is 20.2 Å². The van der Waals surface area contributed by atoms with Crippen LogP contribution in [-0.4, -0.2) is 20.2 Å². The van der Waals surface area contributed by atoms with Crippen molar-refractivity contribution in [2.75, 3.05) is 5.32 Å². The smallest absolute Gasteiger partial charge is 0.248 e. The molecule has 0 aliphatic carbocycles. The molecule has 4 rings (SSSR count). The summed E-state index contributed by atoms with van der Waals surface area (Å²) >= 11 is 3.48. The van der Waals surface area contributed by atoms with Crippen molar-refractivity contribution in [3.8, 4) is 0 Å². The number of hydrogen-bond acceptors (Lipinski definition) is 4. The molecule has 23 heavy (non-hydrogen) atoms. The highest BCUT2D eigenvalue weighted by Crippen LogP contribution is 2.32. The van der Waals surface area contributed by atoms with Crippen LogP contribution in [0.25, 0.3) is 5.70 Å². The van der Waals surface area contributed by atoms with E-state index in [0.717, 1.165) is 21.3 Å². The molecule has 1 aliphatic heterocycles. The molecular formula is C16H11BrFN5. The molecule has 0 radical (unpaired) electrons. The molecular weight excluding hydrogens is 361 g/mol. The molecule has 0 saturated heterocycles. The SMILES string of the molecule is Fc1ccc([C@@H]2C=C(c3cccc(Br)c3)Nc3nnnn32)cc1. The fraction of sp³-hybridized carbons (Fsp3) is 0.0625. The second-order valence-electron chi connectivity index (χ2n) is 5.16. The molecule has 7 heteroatoms. The number of benzene rings is 2. The zero-order chi connectivity index (χ0) is 15.8. The second kappa shape index (κ2) is 5.58. The molecule has 2 heterocycles. The first-order chi connectivity index (χ1) is 11.2. The summed E-state index contributed by atoms with van der Waals surface area (Å²) in [5.41, 5.74) is 2.83. The molecule has 1 aromatic heterocycles. The van der Waals surface area contributed by atoms with Gasteiger partial charge in [0.25, 0.3) is 0 Å². The standard InChI is InChI=1S/C16H11BrFN5/c17-12-3-1-2-11(8-12)14-9-15(10-4-6-13(18)7-5-10)23-16(19-14)20-21-22-23/h1-9,15H,(H,19,20,22)/t15-/m0/s1. The van der Waals surface area contributed by atoms with Gasteiger partial charge in [0, 0.05) is 10.2 Å². The van der Waals surface area contributed by atoms with Gasteiger partial charge in [-0.3, -0.25) is 0 Å². The van der Waals surface area contributed by atoms with Crippen molar-refractivity contribution in [3.63, 3.8) is 0 Å². The Hall–Kier alpha value is -2.54. The predicted molar refractivity (Wildman–Crippen MR) is 88.1 cm³/mol. The van der Waals surface area contributed by atoms with Gasteiger partial charge in [-0.15, -0.1) is 0 Å². The second-order valence-corrected chi connectivity index (χ2v) is 6.07. The van der Waals surface area contributed by atoms with Crippen LogP contribution in [0.1, 0.15) is 17.2 Å². The molecule has 1 atom stereocenters. The summed E-state index contributed by atoms with van der Waals surface area (Å²) in [7, 11) is 0. The van der Waals surface area contributed by atoms with Crippen LogP contribution in [0.15, 0.2) is 59.1 Å². The van der Waals surface area contributed by atoms with Gasteiger partial charge in [0.05, 0.1) is 0 Å². The Kier molecular flexibility index (Phi) is 3.42. The number of tetrazole rings is 1. The van der Waals surface area contributed by atoms with Crippen LogP contribution in [0.3, 0.4) is 0 Å². The Morgan fingerprint density at radius 1 is 1.13 bits per heavy atom. The first kappa shape index (κ1) is 14.1. The third-order valence-corrected chi connectivity index (χ3v) is 4.17. The number of hydrogen-bond donors (Lipinski definition) is 1. The number of anilines is 1. The largest absolute Gasteiger partial charge is 0.323 e. The van der Waals surface area contributed by atoms with Crippen LogP contribution in [0, 0.1) is 5.82 Å². The van der Waals surface area contributed by atoms with Crippen LogP contribution in [0.5, 0.6) is 0 Å². The molecule has 0 unspecified atom stereocenters. The molecule has 0 bridgehead atoms. The van der Waals surface area contributed by atoms with E-state index in [1.165, 1.54) is 12.1 Å². The van der Waals surface area contributed by atoms with E-state index in [2.05, 4.69) is 36.8 Å². The normalized spacial score (nSPS) is 16.4. The Labute approximate surface area is 140 Å². The number of aromatic nitrogens is 4. The van der Waals surface area contributed by atoms with Crippen molar-refractivity contribution in [3.05, 3.63) is 76.0 Å². The van der Waals surface area contributed by atoms with E-state index in [4.69, 9.17) is 0 Å². The molecule has 1 N–H and O–H groups in total. The topological polar surface area (TPSA) is 55.6 Å². The molecule has 1 aliphatic rings. The lowest BCUT2D eigenvalue weighted by molar-refractivity contribution is 0.582. The lowest BCUT2D eigenvalue weighted by Gasteiger charge is -2.23. The number of rotatable bonds is 2. The summed E-state index contributed by atoms with van der Waals surface area (Å²) in [5.74, 6) is 0.285. The number of fused-ring (bicyclic) bond motifs is 1. The number of nitrogens with one attached hydrogen (secondary N) is 1. The Bertz CT molecular complexity index is 887. The van der Waals surface area contributed by atoms with Gasteiger partial charge < -0.3 is 5.32 Å². The van der Waals surface area contributed by atoms with E-state index in [1.54, 1.807) is 16.8 Å². The van der Waals surface area contributed by atoms with Crippen molar-refractivity contribution < 1.29 is 4.39 Å². The molecule has 3 aromatic rings. The fourth-order valence-electron chi connectivity index (χ4n) is 2.58. The summed E-state index contributed by atoms with van der Waals surface area (Å²) in [4.78, 5) is 0. The first-order valence-electron chi connectivity index (χ1n) is 6.99. The van der Waals surface area contributed by atoms with E-state index in [1.807, 2.05) is 30.3 Å². The summed E-state index contributed by atoms with van der Waals surface area (Å²) in [6.45, 7) is 0. The van der Waals surface area contributed by atoms with Gasteiger partial charge in [-0.2, -0.15) is 4.68 Å². The third kappa shape index (κ3) is 2.63. The van der Waals surface area contributed by atoms with Crippen LogP contribution < -0.4 is 5.32 Å². The monoisotopic (exact) mass is 371 g/mol. The van der Waals surface area contributed by atoms with Crippen LogP contribution >= 0.6 is 15.9 Å². The number of halogens is 2. The molecule has 114 valence electrons. The van der Waals surface area contributed by atoms with Crippen LogP contribution in [0.4, 0.5) is 10.3 Å². The van der Waals surface area contributed by atoms with Gasteiger partial charge in [0.2, 0.25) is 5.95 Å². The van der Waals surface area contributed by atoms with Crippen LogP contribution in [-0.2, 0) is 0 Å². The third-order valence-electron chi connectivity index (χ3n) is 3.67. The minimum atomic E-state index is -0.268. The summed E-state index contributed by atoms with van der Waals surface area (Å²) < 4.78 is 15.9. The number of nitrogens with zero attached hydrogens (tertiary/aromatic N) is 4. The molecule has 0 saturated carbocycles. The Balaban J connectivity index is 1.81. The van der Waals surface area contributed by atoms with Crippen molar-refractivity contribution in [2.45, 2.75) is 6.04 Å². The number of allylic oxidation sites excluding steroid dienone is 1. The molecule has 5 nitrogen and oxygen atoms in total. The maximum atomic E-state index is 13.2. The van der Waals surface area contributed by atoms with Crippen molar-refractivity contribution in [1.29, 1.82) is 0 Å². The van der Waals surface area contributed by atoms with E-state index in [0.29, 0.717) is 5.95 Å². The summed E-state index contributed by atoms with van der Waals surface area (Å²) in [6.07, 6.45) is 2.03. The van der Waals surface area contributed by atoms with Gasteiger partial charge in [0.15, 0.2) is 0 Å². The van der Waals surface area contributed by atoms with Gasteiger partial charge in [-0.1, -0.05) is 45.3 Å². The lowest BCUT2D eigenvalue weighted by atomic mass is 10.0. The minimum absolute atomic E-state index is 0.198. The van der Waals surface area contributed by atoms with E-state index in [9.17, 15) is 4.39 Å². The van der Waals surface area contributed by atoms with Gasteiger partial charge in [-0.05, 0) is 51.9 Å². The molecule has 0 amide bonds. The van der Waals surface area contributed by atoms with E-state index >= 15 is 0 Å². The van der Waals surface area contributed by atoms with Crippen LogP contribution in [0.2, 0.25) is 0 Å². The average Bonchev–Trinajstić information content (AvgIpc) is 3.03. The molecule has 0 fully saturated rings. The van der Waals surface area contributed by atoms with Gasteiger partial charge in [0.1, 0.15) is 11.9 Å². The first-order valence-corrected chi connectivity index (χ1v) is 7.78. The molecule has 0 spiro atoms. The predicted octanol–water partition coefficient (Wildman–Crippen LogP) is 3.63.